The molecule has 0 bridgehead atoms. The molecule has 162 valence electrons. The van der Waals surface area contributed by atoms with E-state index in [1.54, 1.807) is 6.07 Å². The lowest BCUT2D eigenvalue weighted by molar-refractivity contribution is -0.119. The van der Waals surface area contributed by atoms with Crippen molar-refractivity contribution in [3.63, 3.8) is 0 Å². The third-order valence-electron chi connectivity index (χ3n) is 4.97. The average molecular weight is 451 g/mol. The fraction of sp³-hybridized carbons (Fsp3) is 0.429. The second-order valence-corrected chi connectivity index (χ2v) is 10.3. The number of aryl methyl sites for hydroxylation is 2. The van der Waals surface area contributed by atoms with Crippen LogP contribution in [0.3, 0.4) is 0 Å². The largest absolute Gasteiger partial charge is 0.451 e. The Morgan fingerprint density at radius 2 is 1.80 bits per heavy atom. The lowest BCUT2D eigenvalue weighted by Crippen LogP contribution is -2.35. The maximum Gasteiger partial charge on any atom is 0.348 e. The first kappa shape index (κ1) is 22.5. The molecule has 0 atom stereocenters. The molecule has 1 aromatic heterocycles. The smallest absolute Gasteiger partial charge is 0.348 e. The molecule has 1 amide bonds. The molecule has 1 N–H and O–H groups in total. The predicted molar refractivity (Wildman–Crippen MR) is 116 cm³/mol. The van der Waals surface area contributed by atoms with Crippen LogP contribution < -0.4 is 5.32 Å². The second kappa shape index (κ2) is 9.72. The quantitative estimate of drug-likeness (QED) is 0.651. The summed E-state index contributed by atoms with van der Waals surface area (Å²) in [5.41, 5.74) is 1.48. The van der Waals surface area contributed by atoms with Gasteiger partial charge >= 0.3 is 5.97 Å². The Labute approximate surface area is 181 Å². The first-order chi connectivity index (χ1) is 14.3. The van der Waals surface area contributed by atoms with Gasteiger partial charge in [-0.25, -0.2) is 13.2 Å². The van der Waals surface area contributed by atoms with E-state index in [4.69, 9.17) is 4.74 Å². The Morgan fingerprint density at radius 3 is 2.40 bits per heavy atom. The summed E-state index contributed by atoms with van der Waals surface area (Å²) in [5.74, 6) is -1.01. The molecule has 30 heavy (non-hydrogen) atoms. The van der Waals surface area contributed by atoms with E-state index in [9.17, 15) is 18.0 Å². The summed E-state index contributed by atoms with van der Waals surface area (Å²) in [4.78, 5) is 26.0. The maximum atomic E-state index is 12.7. The first-order valence-electron chi connectivity index (χ1n) is 9.97. The zero-order chi connectivity index (χ0) is 21.7. The Balaban J connectivity index is 1.54. The van der Waals surface area contributed by atoms with Gasteiger partial charge in [0.15, 0.2) is 6.61 Å². The predicted octanol–water partition coefficient (Wildman–Crippen LogP) is 3.59. The first-order valence-corrected chi connectivity index (χ1v) is 12.2. The summed E-state index contributed by atoms with van der Waals surface area (Å²) in [6.45, 7) is 4.62. The molecule has 2 aromatic rings. The van der Waals surface area contributed by atoms with Crippen LogP contribution in [0.4, 0.5) is 5.69 Å². The molecule has 2 heterocycles. The number of nitrogens with zero attached hydrogens (tertiary/aromatic N) is 1. The summed E-state index contributed by atoms with van der Waals surface area (Å²) in [6.07, 6.45) is 3.63. The van der Waals surface area contributed by atoms with Crippen molar-refractivity contribution >= 4 is 38.9 Å². The van der Waals surface area contributed by atoms with Gasteiger partial charge in [-0.1, -0.05) is 13.3 Å². The number of amides is 1. The van der Waals surface area contributed by atoms with Gasteiger partial charge < -0.3 is 10.1 Å². The minimum atomic E-state index is -3.51. The molecule has 1 saturated heterocycles. The van der Waals surface area contributed by atoms with Gasteiger partial charge in [0.2, 0.25) is 10.0 Å². The van der Waals surface area contributed by atoms with E-state index < -0.39 is 28.5 Å². The standard InChI is InChI=1S/C21H26N2O5S2/c1-3-18-15(2)13-19(29-18)21(25)28-14-20(24)22-16-7-9-17(10-8-16)30(26,27)23-11-5-4-6-12-23/h7-10,13H,3-6,11-12,14H2,1-2H3,(H,22,24). The van der Waals surface area contributed by atoms with Gasteiger partial charge in [0.05, 0.1) is 4.90 Å². The number of ether oxygens (including phenoxy) is 1. The van der Waals surface area contributed by atoms with Gasteiger partial charge in [-0.15, -0.1) is 11.3 Å². The summed E-state index contributed by atoms with van der Waals surface area (Å²) < 4.78 is 31.9. The van der Waals surface area contributed by atoms with Gasteiger partial charge in [-0.05, 0) is 62.1 Å². The Hall–Kier alpha value is -2.23. The Bertz CT molecular complexity index is 1010. The average Bonchev–Trinajstić information content (AvgIpc) is 3.14. The zero-order valence-corrected chi connectivity index (χ0v) is 18.8. The molecule has 1 aliphatic heterocycles. The molecule has 3 rings (SSSR count). The van der Waals surface area contributed by atoms with Gasteiger partial charge in [0.1, 0.15) is 4.88 Å². The highest BCUT2D eigenvalue weighted by molar-refractivity contribution is 7.89. The summed E-state index contributed by atoms with van der Waals surface area (Å²) in [7, 11) is -3.51. The Kier molecular flexibility index (Phi) is 7.27. The fourth-order valence-corrected chi connectivity index (χ4v) is 5.86. The van der Waals surface area contributed by atoms with Crippen molar-refractivity contribution in [1.29, 1.82) is 0 Å². The molecular formula is C21H26N2O5S2. The monoisotopic (exact) mass is 450 g/mol. The van der Waals surface area contributed by atoms with Crippen LogP contribution in [0.2, 0.25) is 0 Å². The van der Waals surface area contributed by atoms with Crippen LogP contribution in [0, 0.1) is 6.92 Å². The maximum absolute atomic E-state index is 12.7. The van der Waals surface area contributed by atoms with Gasteiger partial charge in [0, 0.05) is 23.7 Å². The lowest BCUT2D eigenvalue weighted by atomic mass is 10.2. The van der Waals surface area contributed by atoms with Crippen LogP contribution in [-0.4, -0.2) is 44.3 Å². The van der Waals surface area contributed by atoms with Crippen molar-refractivity contribution in [1.82, 2.24) is 4.31 Å². The van der Waals surface area contributed by atoms with Crippen LogP contribution in [0.1, 0.15) is 46.3 Å². The second-order valence-electron chi connectivity index (χ2n) is 7.18. The topological polar surface area (TPSA) is 92.8 Å². The lowest BCUT2D eigenvalue weighted by Gasteiger charge is -2.25. The number of carbonyl (C=O) groups excluding carboxylic acids is 2. The number of thiophene rings is 1. The van der Waals surface area contributed by atoms with Crippen molar-refractivity contribution in [3.05, 3.63) is 45.6 Å². The van der Waals surface area contributed by atoms with Crippen molar-refractivity contribution in [3.8, 4) is 0 Å². The van der Waals surface area contributed by atoms with Crippen LogP contribution in [0.5, 0.6) is 0 Å². The van der Waals surface area contributed by atoms with E-state index in [-0.39, 0.29) is 4.90 Å². The molecule has 0 saturated carbocycles. The number of carbonyl (C=O) groups is 2. The van der Waals surface area contributed by atoms with Crippen LogP contribution >= 0.6 is 11.3 Å². The van der Waals surface area contributed by atoms with Crippen molar-refractivity contribution in [2.45, 2.75) is 44.4 Å². The van der Waals surface area contributed by atoms with Gasteiger partial charge in [0.25, 0.3) is 5.91 Å². The van der Waals surface area contributed by atoms with Crippen molar-refractivity contribution in [2.75, 3.05) is 25.0 Å². The highest BCUT2D eigenvalue weighted by atomic mass is 32.2. The summed E-state index contributed by atoms with van der Waals surface area (Å²) >= 11 is 1.37. The minimum Gasteiger partial charge on any atom is -0.451 e. The van der Waals surface area contributed by atoms with Crippen molar-refractivity contribution in [2.24, 2.45) is 0 Å². The molecule has 1 fully saturated rings. The number of rotatable bonds is 7. The minimum absolute atomic E-state index is 0.202. The molecule has 0 unspecified atom stereocenters. The summed E-state index contributed by atoms with van der Waals surface area (Å²) in [6, 6.07) is 7.79. The molecule has 1 aromatic carbocycles. The molecule has 7 nitrogen and oxygen atoms in total. The SMILES string of the molecule is CCc1sc(C(=O)OCC(=O)Nc2ccc(S(=O)(=O)N3CCCCC3)cc2)cc1C. The van der Waals surface area contributed by atoms with Crippen molar-refractivity contribution < 1.29 is 22.7 Å². The van der Waals surface area contributed by atoms with E-state index in [0.717, 1.165) is 36.1 Å². The molecular weight excluding hydrogens is 424 g/mol. The molecule has 0 spiro atoms. The van der Waals surface area contributed by atoms with E-state index in [2.05, 4.69) is 5.32 Å². The number of esters is 1. The van der Waals surface area contributed by atoms with Gasteiger partial charge in [-0.2, -0.15) is 4.31 Å². The highest BCUT2D eigenvalue weighted by Crippen LogP contribution is 2.24. The summed E-state index contributed by atoms with van der Waals surface area (Å²) in [5, 5.41) is 2.61. The fourth-order valence-electron chi connectivity index (χ4n) is 3.34. The number of anilines is 1. The number of hydrogen-bond acceptors (Lipinski definition) is 6. The van der Waals surface area contributed by atoms with Crippen LogP contribution in [0.25, 0.3) is 0 Å². The van der Waals surface area contributed by atoms with Gasteiger partial charge in [-0.3, -0.25) is 4.79 Å². The van der Waals surface area contributed by atoms with E-state index in [0.29, 0.717) is 23.7 Å². The normalized spacial score (nSPS) is 15.0. The van der Waals surface area contributed by atoms with E-state index >= 15 is 0 Å². The number of piperidine rings is 1. The zero-order valence-electron chi connectivity index (χ0n) is 17.1. The Morgan fingerprint density at radius 1 is 1.13 bits per heavy atom. The third-order valence-corrected chi connectivity index (χ3v) is 8.24. The third kappa shape index (κ3) is 5.27. The molecule has 9 heteroatoms. The van der Waals surface area contributed by atoms with Crippen LogP contribution in [-0.2, 0) is 26.0 Å². The number of nitrogens with one attached hydrogen (secondary N) is 1. The molecule has 0 radical (unpaired) electrons. The highest BCUT2D eigenvalue weighted by Gasteiger charge is 2.25. The number of hydrogen-bond donors (Lipinski definition) is 1. The number of benzene rings is 1. The van der Waals surface area contributed by atoms with E-state index in [1.165, 1.54) is 39.9 Å². The van der Waals surface area contributed by atoms with E-state index in [1.807, 2.05) is 13.8 Å². The number of sulfonamides is 1. The van der Waals surface area contributed by atoms with Crippen LogP contribution in [0.15, 0.2) is 35.2 Å². The molecule has 0 aliphatic carbocycles. The molecule has 1 aliphatic rings.